The van der Waals surface area contributed by atoms with Gasteiger partial charge < -0.3 is 24.4 Å². The van der Waals surface area contributed by atoms with Crippen LogP contribution in [0.2, 0.25) is 13.1 Å². The van der Waals surface area contributed by atoms with Crippen molar-refractivity contribution in [2.45, 2.75) is 52.9 Å². The van der Waals surface area contributed by atoms with E-state index < -0.39 is 8.24 Å². The zero-order valence-electron chi connectivity index (χ0n) is 19.2. The largest absolute Gasteiger partial charge is 0.663 e. The third-order valence-corrected chi connectivity index (χ3v) is 8.18. The van der Waals surface area contributed by atoms with E-state index in [1.54, 1.807) is 0 Å². The van der Waals surface area contributed by atoms with Crippen molar-refractivity contribution in [3.05, 3.63) is 68.4 Å². The smallest absolute Gasteiger partial charge is 0.0375 e. The van der Waals surface area contributed by atoms with Gasteiger partial charge in [-0.3, -0.25) is 0 Å². The van der Waals surface area contributed by atoms with Gasteiger partial charge in [-0.15, -0.1) is 39.7 Å². The molecule has 4 heteroatoms. The second kappa shape index (κ2) is 8.85. The summed E-state index contributed by atoms with van der Waals surface area (Å²) in [7, 11) is -2.00. The van der Waals surface area contributed by atoms with Crippen LogP contribution in [-0.4, -0.2) is 18.3 Å². The zero-order valence-corrected chi connectivity index (χ0v) is 21.8. The van der Waals surface area contributed by atoms with Gasteiger partial charge in [-0.05, 0) is 23.9 Å². The number of hydrogen-bond donors (Lipinski definition) is 0. The summed E-state index contributed by atoms with van der Waals surface area (Å²) in [4.78, 5) is 5.36. The Labute approximate surface area is 193 Å². The minimum atomic E-state index is -2.00. The summed E-state index contributed by atoms with van der Waals surface area (Å²) in [5.41, 5.74) is 2.73. The van der Waals surface area contributed by atoms with Gasteiger partial charge in [-0.1, -0.05) is 71.8 Å². The fraction of sp³-hybridized carbons (Fsp3) is 0.320. The van der Waals surface area contributed by atoms with Gasteiger partial charge in [0.05, 0.1) is 0 Å². The molecule has 156 valence electrons. The van der Waals surface area contributed by atoms with Crippen LogP contribution in [0.1, 0.15) is 27.7 Å². The number of benzene rings is 2. The summed E-state index contributed by atoms with van der Waals surface area (Å²) < 4.78 is 2.51. The predicted molar refractivity (Wildman–Crippen MR) is 131 cm³/mol. The van der Waals surface area contributed by atoms with E-state index in [4.69, 9.17) is 4.98 Å². The molecule has 0 atom stereocenters. The Morgan fingerprint density at radius 1 is 0.931 bits per heavy atom. The molecule has 0 fully saturated rings. The van der Waals surface area contributed by atoms with Crippen LogP contribution in [0.5, 0.6) is 0 Å². The standard InChI is InChI=1S/C23H28N2Si.2CH3.Ti/c1-7-25-19-15-11-10-14-18(19)20-16-12-8-9-13-17(16)22(21(20)25)26(5,6)24-23(2,3)4;;;/h8-15H,7H2,1-6H3;2*1H3;/q-2;2*-1;. The average molecular weight is 439 g/mol. The van der Waals surface area contributed by atoms with Gasteiger partial charge in [0.1, 0.15) is 0 Å². The number of aromatic nitrogens is 1. The molecule has 4 aromatic rings. The quantitative estimate of drug-likeness (QED) is 0.239. The second-order valence-corrected chi connectivity index (χ2v) is 12.6. The van der Waals surface area contributed by atoms with Crippen molar-refractivity contribution in [2.24, 2.45) is 0 Å². The van der Waals surface area contributed by atoms with E-state index in [9.17, 15) is 0 Å². The normalized spacial score (nSPS) is 11.9. The molecule has 0 aliphatic rings. The second-order valence-electron chi connectivity index (χ2n) is 8.75. The average Bonchev–Trinajstić information content (AvgIpc) is 3.04. The number of hydrogen-bond acceptors (Lipinski definition) is 0. The SMILES string of the molecule is CCn1c2ccccc2c2c3ccccc3[c-]([Si](C)(C)[N-]C(C)(C)C)c21.[CH3-].[CH3-].[Ti]. The number of fused-ring (bicyclic) bond motifs is 5. The van der Waals surface area contributed by atoms with Crippen molar-refractivity contribution < 1.29 is 21.7 Å². The molecular weight excluding hydrogens is 404 g/mol. The Morgan fingerprint density at radius 3 is 2.07 bits per heavy atom. The molecule has 3 aromatic carbocycles. The minimum absolute atomic E-state index is 0. The van der Waals surface area contributed by atoms with Gasteiger partial charge in [-0.25, -0.2) is 0 Å². The topological polar surface area (TPSA) is 19.0 Å². The summed E-state index contributed by atoms with van der Waals surface area (Å²) in [5, 5.41) is 7.06. The van der Waals surface area contributed by atoms with E-state index in [0.29, 0.717) is 0 Å². The Balaban J connectivity index is 0.00000140. The van der Waals surface area contributed by atoms with Crippen LogP contribution in [0.3, 0.4) is 0 Å². The first-order valence-electron chi connectivity index (χ1n) is 9.57. The molecule has 0 N–H and O–H groups in total. The molecule has 0 unspecified atom stereocenters. The van der Waals surface area contributed by atoms with Gasteiger partial charge >= 0.3 is 0 Å². The van der Waals surface area contributed by atoms with Crippen LogP contribution in [-0.2, 0) is 28.3 Å². The first-order chi connectivity index (χ1) is 12.2. The van der Waals surface area contributed by atoms with Gasteiger partial charge in [0, 0.05) is 33.8 Å². The molecule has 4 rings (SSSR count). The molecule has 0 amide bonds. The first-order valence-corrected chi connectivity index (χ1v) is 12.5. The van der Waals surface area contributed by atoms with Crippen LogP contribution < -0.4 is 5.19 Å². The van der Waals surface area contributed by atoms with E-state index in [-0.39, 0.29) is 42.1 Å². The summed E-state index contributed by atoms with van der Waals surface area (Å²) in [6.07, 6.45) is 0. The van der Waals surface area contributed by atoms with Gasteiger partial charge in [0.2, 0.25) is 0 Å². The molecule has 0 saturated carbocycles. The van der Waals surface area contributed by atoms with Crippen LogP contribution in [0.15, 0.2) is 48.5 Å². The molecule has 0 radical (unpaired) electrons. The molecule has 0 aliphatic heterocycles. The molecule has 0 bridgehead atoms. The third kappa shape index (κ3) is 4.16. The Hall–Kier alpha value is -1.26. The molecule has 1 heterocycles. The molecule has 0 spiro atoms. The summed E-state index contributed by atoms with van der Waals surface area (Å²) in [5.74, 6) is 0. The fourth-order valence-corrected chi connectivity index (χ4v) is 8.23. The van der Waals surface area contributed by atoms with Crippen molar-refractivity contribution >= 4 is 46.0 Å². The van der Waals surface area contributed by atoms with Crippen LogP contribution >= 0.6 is 0 Å². The Morgan fingerprint density at radius 2 is 1.48 bits per heavy atom. The maximum Gasteiger partial charge on any atom is 0.0375 e. The van der Waals surface area contributed by atoms with Gasteiger partial charge in [0.25, 0.3) is 0 Å². The van der Waals surface area contributed by atoms with Crippen LogP contribution in [0.4, 0.5) is 0 Å². The van der Waals surface area contributed by atoms with Crippen molar-refractivity contribution in [1.82, 2.24) is 4.57 Å². The van der Waals surface area contributed by atoms with E-state index in [1.807, 2.05) is 0 Å². The summed E-state index contributed by atoms with van der Waals surface area (Å²) >= 11 is 0. The first kappa shape index (κ1) is 25.8. The fourth-order valence-electron chi connectivity index (χ4n) is 4.72. The Bertz CT molecular complexity index is 1110. The molecular formula is C25H34N2SiTi-4. The van der Waals surface area contributed by atoms with Gasteiger partial charge in [0.15, 0.2) is 0 Å². The van der Waals surface area contributed by atoms with Crippen LogP contribution in [0.25, 0.3) is 37.6 Å². The molecule has 1 aromatic heterocycles. The van der Waals surface area contributed by atoms with Crippen molar-refractivity contribution in [1.29, 1.82) is 0 Å². The van der Waals surface area contributed by atoms with E-state index in [1.165, 1.54) is 37.8 Å². The van der Waals surface area contributed by atoms with E-state index >= 15 is 0 Å². The number of para-hydroxylation sites is 1. The number of rotatable bonds is 3. The maximum atomic E-state index is 5.36. The molecule has 0 saturated heterocycles. The predicted octanol–water partition coefficient (Wildman–Crippen LogP) is 7.17. The van der Waals surface area contributed by atoms with E-state index in [0.717, 1.165) is 6.54 Å². The summed E-state index contributed by atoms with van der Waals surface area (Å²) in [6, 6.07) is 17.8. The maximum absolute atomic E-state index is 5.36. The molecule has 0 aliphatic carbocycles. The summed E-state index contributed by atoms with van der Waals surface area (Å²) in [6.45, 7) is 14.7. The third-order valence-electron chi connectivity index (χ3n) is 5.22. The van der Waals surface area contributed by atoms with E-state index in [2.05, 4.69) is 93.9 Å². The zero-order chi connectivity index (χ0) is 18.7. The molecule has 2 nitrogen and oxygen atoms in total. The minimum Gasteiger partial charge on any atom is -0.663 e. The van der Waals surface area contributed by atoms with Crippen LogP contribution in [0, 0.1) is 14.9 Å². The van der Waals surface area contributed by atoms with Crippen molar-refractivity contribution in [3.8, 4) is 0 Å². The Kier molecular flexibility index (Phi) is 7.87. The molecule has 29 heavy (non-hydrogen) atoms. The number of nitrogens with zero attached hydrogens (tertiary/aromatic N) is 2. The monoisotopic (exact) mass is 438 g/mol. The van der Waals surface area contributed by atoms with Crippen molar-refractivity contribution in [3.63, 3.8) is 0 Å². The van der Waals surface area contributed by atoms with Gasteiger partial charge in [-0.2, -0.15) is 0 Å². The number of aryl methyl sites for hydroxylation is 1. The van der Waals surface area contributed by atoms with Crippen molar-refractivity contribution in [2.75, 3.05) is 0 Å².